The first kappa shape index (κ1) is 26.3. The Morgan fingerprint density at radius 1 is 1.14 bits per heavy atom. The maximum Gasteiger partial charge on any atom is 0.257 e. The van der Waals surface area contributed by atoms with Gasteiger partial charge in [0, 0.05) is 19.3 Å². The smallest absolute Gasteiger partial charge is 0.257 e. The monoisotopic (exact) mass is 482 g/mol. The minimum Gasteiger partial charge on any atom is -0.378 e. The normalized spacial score (nSPS) is 14.9. The number of aromatic nitrogens is 3. The first-order chi connectivity index (χ1) is 16.3. The average molecular weight is 483 g/mol. The van der Waals surface area contributed by atoms with Crippen molar-refractivity contribution in [2.24, 2.45) is 5.73 Å². The standard InChI is InChI=1S/C24H30N6O4.CH4/c1-24(2,25)23(32)26-19(16-34-15-17-7-4-3-5-8-17)21-28-27-20-18(9-6-10-30(20)21)22(31)29-11-13-33-14-12-29;/h3-10,19H,11-16,25H2,1-2H3,(H,26,32);1H4/t19-;/m1./s1. The lowest BCUT2D eigenvalue weighted by Gasteiger charge is -2.27. The number of amides is 2. The molecule has 10 nitrogen and oxygen atoms in total. The van der Waals surface area contributed by atoms with Gasteiger partial charge < -0.3 is 25.4 Å². The van der Waals surface area contributed by atoms with Crippen molar-refractivity contribution in [3.8, 4) is 0 Å². The number of hydrogen-bond acceptors (Lipinski definition) is 7. The molecule has 1 fully saturated rings. The van der Waals surface area contributed by atoms with Crippen LogP contribution >= 0.6 is 0 Å². The van der Waals surface area contributed by atoms with Crippen molar-refractivity contribution in [3.63, 3.8) is 0 Å². The number of nitrogens with two attached hydrogens (primary N) is 1. The Bertz CT molecular complexity index is 1140. The zero-order chi connectivity index (χ0) is 24.1. The zero-order valence-corrected chi connectivity index (χ0v) is 19.4. The molecule has 2 amide bonds. The molecule has 2 aromatic heterocycles. The predicted octanol–water partition coefficient (Wildman–Crippen LogP) is 1.95. The Labute approximate surface area is 205 Å². The van der Waals surface area contributed by atoms with Crippen LogP contribution in [0.1, 0.15) is 49.1 Å². The number of rotatable bonds is 8. The van der Waals surface area contributed by atoms with E-state index in [0.29, 0.717) is 49.9 Å². The molecule has 35 heavy (non-hydrogen) atoms. The zero-order valence-electron chi connectivity index (χ0n) is 19.4. The number of carbonyl (C=O) groups is 2. The molecule has 0 bridgehead atoms. The number of fused-ring (bicyclic) bond motifs is 1. The first-order valence-electron chi connectivity index (χ1n) is 11.3. The second kappa shape index (κ2) is 11.4. The molecule has 0 unspecified atom stereocenters. The van der Waals surface area contributed by atoms with Crippen molar-refractivity contribution in [1.29, 1.82) is 0 Å². The third-order valence-corrected chi connectivity index (χ3v) is 5.59. The lowest BCUT2D eigenvalue weighted by molar-refractivity contribution is -0.126. The Kier molecular flexibility index (Phi) is 8.55. The van der Waals surface area contributed by atoms with Gasteiger partial charge in [0.25, 0.3) is 5.91 Å². The molecule has 1 aliphatic heterocycles. The highest BCUT2D eigenvalue weighted by Gasteiger charge is 2.29. The third-order valence-electron chi connectivity index (χ3n) is 5.59. The molecule has 3 N–H and O–H groups in total. The highest BCUT2D eigenvalue weighted by Crippen LogP contribution is 2.19. The quantitative estimate of drug-likeness (QED) is 0.503. The summed E-state index contributed by atoms with van der Waals surface area (Å²) >= 11 is 0. The molecule has 0 aliphatic carbocycles. The molecule has 3 aromatic rings. The molecule has 0 radical (unpaired) electrons. The fourth-order valence-corrected chi connectivity index (χ4v) is 3.67. The van der Waals surface area contributed by atoms with Crippen LogP contribution in [0.3, 0.4) is 0 Å². The second-order valence-corrected chi connectivity index (χ2v) is 8.83. The van der Waals surface area contributed by atoms with Gasteiger partial charge in [0.1, 0.15) is 6.04 Å². The lowest BCUT2D eigenvalue weighted by atomic mass is 10.1. The van der Waals surface area contributed by atoms with E-state index in [0.717, 1.165) is 5.56 Å². The van der Waals surface area contributed by atoms with Crippen LogP contribution in [-0.2, 0) is 20.9 Å². The summed E-state index contributed by atoms with van der Waals surface area (Å²) in [6.07, 6.45) is 1.77. The maximum atomic E-state index is 13.1. The van der Waals surface area contributed by atoms with Gasteiger partial charge in [-0.1, -0.05) is 37.8 Å². The Hall–Kier alpha value is -3.34. The van der Waals surface area contributed by atoms with E-state index in [1.807, 2.05) is 30.3 Å². The van der Waals surface area contributed by atoms with Gasteiger partial charge in [-0.25, -0.2) is 0 Å². The fraction of sp³-hybridized carbons (Fsp3) is 0.440. The number of nitrogens with zero attached hydrogens (tertiary/aromatic N) is 4. The number of carbonyl (C=O) groups excluding carboxylic acids is 2. The van der Waals surface area contributed by atoms with Crippen LogP contribution in [0.5, 0.6) is 0 Å². The summed E-state index contributed by atoms with van der Waals surface area (Å²) < 4.78 is 13.0. The van der Waals surface area contributed by atoms with Crippen LogP contribution in [0.15, 0.2) is 48.7 Å². The van der Waals surface area contributed by atoms with Gasteiger partial charge in [0.05, 0.1) is 37.5 Å². The van der Waals surface area contributed by atoms with E-state index in [9.17, 15) is 9.59 Å². The summed E-state index contributed by atoms with van der Waals surface area (Å²) in [7, 11) is 0. The molecule has 1 saturated heterocycles. The van der Waals surface area contributed by atoms with Crippen LogP contribution < -0.4 is 11.1 Å². The minimum atomic E-state index is -1.09. The van der Waals surface area contributed by atoms with Crippen molar-refractivity contribution >= 4 is 17.5 Å². The minimum absolute atomic E-state index is 0. The van der Waals surface area contributed by atoms with E-state index in [1.165, 1.54) is 0 Å². The third kappa shape index (κ3) is 6.21. The van der Waals surface area contributed by atoms with Crippen LogP contribution in [0.2, 0.25) is 0 Å². The number of benzene rings is 1. The van der Waals surface area contributed by atoms with Crippen molar-refractivity contribution in [3.05, 3.63) is 65.6 Å². The molecule has 0 saturated carbocycles. The van der Waals surface area contributed by atoms with Gasteiger partial charge >= 0.3 is 0 Å². The fourth-order valence-electron chi connectivity index (χ4n) is 3.67. The Morgan fingerprint density at radius 3 is 2.54 bits per heavy atom. The highest BCUT2D eigenvalue weighted by atomic mass is 16.5. The highest BCUT2D eigenvalue weighted by molar-refractivity contribution is 5.99. The van der Waals surface area contributed by atoms with Crippen molar-refractivity contribution < 1.29 is 19.1 Å². The van der Waals surface area contributed by atoms with Crippen LogP contribution in [0.25, 0.3) is 5.65 Å². The molecule has 10 heteroatoms. The van der Waals surface area contributed by atoms with Gasteiger partial charge in [-0.15, -0.1) is 10.2 Å². The summed E-state index contributed by atoms with van der Waals surface area (Å²) in [6.45, 7) is 5.85. The largest absolute Gasteiger partial charge is 0.378 e. The molecule has 1 atom stereocenters. The average Bonchev–Trinajstić information content (AvgIpc) is 3.28. The maximum absolute atomic E-state index is 13.1. The topological polar surface area (TPSA) is 124 Å². The number of nitrogens with one attached hydrogen (secondary N) is 1. The van der Waals surface area contributed by atoms with E-state index in [-0.39, 0.29) is 25.8 Å². The molecule has 3 heterocycles. The van der Waals surface area contributed by atoms with Crippen LogP contribution in [0.4, 0.5) is 0 Å². The van der Waals surface area contributed by atoms with Gasteiger partial charge in [-0.05, 0) is 31.5 Å². The van der Waals surface area contributed by atoms with Gasteiger partial charge in [0.15, 0.2) is 11.5 Å². The lowest BCUT2D eigenvalue weighted by Crippen LogP contribution is -2.50. The number of pyridine rings is 1. The Balaban J connectivity index is 0.00000342. The molecule has 188 valence electrons. The van der Waals surface area contributed by atoms with E-state index in [4.69, 9.17) is 15.2 Å². The summed E-state index contributed by atoms with van der Waals surface area (Å²) in [5.41, 5.74) is 6.79. The molecule has 4 rings (SSSR count). The SMILES string of the molecule is C.CC(C)(N)C(=O)N[C@H](COCc1ccccc1)c1nnc2c(C(=O)N3CCOCC3)cccn12. The number of hydrogen-bond donors (Lipinski definition) is 2. The van der Waals surface area contributed by atoms with Crippen LogP contribution in [0, 0.1) is 0 Å². The summed E-state index contributed by atoms with van der Waals surface area (Å²) in [4.78, 5) is 27.6. The molecule has 1 aromatic carbocycles. The van der Waals surface area contributed by atoms with E-state index in [2.05, 4.69) is 15.5 Å². The first-order valence-corrected chi connectivity index (χ1v) is 11.3. The van der Waals surface area contributed by atoms with Crippen LogP contribution in [-0.4, -0.2) is 69.8 Å². The predicted molar refractivity (Wildman–Crippen MR) is 132 cm³/mol. The summed E-state index contributed by atoms with van der Waals surface area (Å²) in [5.74, 6) is -0.0211. The Morgan fingerprint density at radius 2 is 1.86 bits per heavy atom. The summed E-state index contributed by atoms with van der Waals surface area (Å²) in [5, 5.41) is 11.5. The number of morpholine rings is 1. The number of ether oxygens (including phenoxy) is 2. The van der Waals surface area contributed by atoms with Gasteiger partial charge in [-0.3, -0.25) is 14.0 Å². The van der Waals surface area contributed by atoms with Crippen molar-refractivity contribution in [1.82, 2.24) is 24.8 Å². The van der Waals surface area contributed by atoms with Gasteiger partial charge in [0.2, 0.25) is 5.91 Å². The van der Waals surface area contributed by atoms with Crippen molar-refractivity contribution in [2.45, 2.75) is 39.5 Å². The van der Waals surface area contributed by atoms with E-state index in [1.54, 1.807) is 41.5 Å². The van der Waals surface area contributed by atoms with Crippen molar-refractivity contribution in [2.75, 3.05) is 32.9 Å². The molecule has 0 spiro atoms. The summed E-state index contributed by atoms with van der Waals surface area (Å²) in [6, 6.07) is 12.6. The molecular weight excluding hydrogens is 448 g/mol. The van der Waals surface area contributed by atoms with Gasteiger partial charge in [-0.2, -0.15) is 0 Å². The second-order valence-electron chi connectivity index (χ2n) is 8.83. The van der Waals surface area contributed by atoms with E-state index >= 15 is 0 Å². The molecular formula is C25H34N6O4. The molecule has 1 aliphatic rings. The van der Waals surface area contributed by atoms with E-state index < -0.39 is 11.6 Å².